The first kappa shape index (κ1) is 22.3. The number of hydrogen-bond acceptors (Lipinski definition) is 8. The van der Waals surface area contributed by atoms with Gasteiger partial charge in [0.15, 0.2) is 0 Å². The molecule has 0 radical (unpaired) electrons. The summed E-state index contributed by atoms with van der Waals surface area (Å²) in [4.78, 5) is 8.56. The van der Waals surface area contributed by atoms with Crippen molar-refractivity contribution in [2.24, 2.45) is 20.9 Å². The average molecular weight is 470 g/mol. The van der Waals surface area contributed by atoms with Crippen LogP contribution in [-0.2, 0) is 13.0 Å². The normalized spacial score (nSPS) is 16.5. The molecule has 1 aliphatic rings. The Bertz CT molecular complexity index is 1200. The highest BCUT2D eigenvalue weighted by Crippen LogP contribution is 2.39. The van der Waals surface area contributed by atoms with Gasteiger partial charge in [-0.3, -0.25) is 4.99 Å². The second-order valence-electron chi connectivity index (χ2n) is 7.50. The SMILES string of the molecule is C=N/N=C(/C)N1C[C@H](Cc2nnc(CN)o2)N=C(c2ccc(Cl)cc2)c2c1sc(C)c2C. The van der Waals surface area contributed by atoms with Crippen molar-refractivity contribution >= 4 is 46.2 Å². The predicted octanol–water partition coefficient (Wildman–Crippen LogP) is 4.16. The van der Waals surface area contributed by atoms with Crippen LogP contribution < -0.4 is 10.6 Å². The third-order valence-electron chi connectivity index (χ3n) is 5.37. The molecular formula is C22H24ClN7OS. The number of aryl methyl sites for hydroxylation is 1. The van der Waals surface area contributed by atoms with Crippen molar-refractivity contribution in [1.82, 2.24) is 10.2 Å². The molecule has 2 aromatic heterocycles. The molecule has 3 heterocycles. The van der Waals surface area contributed by atoms with Crippen LogP contribution in [0.25, 0.3) is 0 Å². The molecule has 1 aromatic carbocycles. The van der Waals surface area contributed by atoms with E-state index in [0.717, 1.165) is 27.7 Å². The van der Waals surface area contributed by atoms with Gasteiger partial charge in [-0.1, -0.05) is 23.7 Å². The summed E-state index contributed by atoms with van der Waals surface area (Å²) in [6.07, 6.45) is 0.475. The molecule has 2 N–H and O–H groups in total. The number of aliphatic imine (C=N–C) groups is 1. The van der Waals surface area contributed by atoms with Crippen LogP contribution in [0.2, 0.25) is 5.02 Å². The van der Waals surface area contributed by atoms with Crippen LogP contribution in [0.3, 0.4) is 0 Å². The van der Waals surface area contributed by atoms with Gasteiger partial charge >= 0.3 is 0 Å². The van der Waals surface area contributed by atoms with Crippen LogP contribution in [0.1, 0.15) is 40.3 Å². The van der Waals surface area contributed by atoms with E-state index in [2.05, 4.69) is 45.9 Å². The van der Waals surface area contributed by atoms with Gasteiger partial charge in [0.1, 0.15) is 10.8 Å². The Kier molecular flexibility index (Phi) is 6.50. The van der Waals surface area contributed by atoms with Gasteiger partial charge < -0.3 is 15.1 Å². The Morgan fingerprint density at radius 1 is 1.28 bits per heavy atom. The lowest BCUT2D eigenvalue weighted by Gasteiger charge is -2.24. The molecular weight excluding hydrogens is 446 g/mol. The summed E-state index contributed by atoms with van der Waals surface area (Å²) < 4.78 is 5.67. The fraction of sp³-hybridized carbons (Fsp3) is 0.318. The van der Waals surface area contributed by atoms with Crippen LogP contribution in [0.4, 0.5) is 5.00 Å². The van der Waals surface area contributed by atoms with Crippen LogP contribution >= 0.6 is 22.9 Å². The van der Waals surface area contributed by atoms with Gasteiger partial charge in [-0.2, -0.15) is 5.10 Å². The molecule has 0 aliphatic carbocycles. The lowest BCUT2D eigenvalue weighted by Crippen LogP contribution is -2.35. The third-order valence-corrected chi connectivity index (χ3v) is 6.85. The Morgan fingerprint density at radius 3 is 2.66 bits per heavy atom. The van der Waals surface area contributed by atoms with Crippen molar-refractivity contribution in [3.05, 3.63) is 62.6 Å². The number of thiophene rings is 1. The largest absolute Gasteiger partial charge is 0.424 e. The number of anilines is 1. The molecule has 0 bridgehead atoms. The fourth-order valence-electron chi connectivity index (χ4n) is 3.69. The summed E-state index contributed by atoms with van der Waals surface area (Å²) in [5, 5.41) is 17.9. The number of rotatable bonds is 5. The van der Waals surface area contributed by atoms with Gasteiger partial charge in [0.25, 0.3) is 0 Å². The predicted molar refractivity (Wildman–Crippen MR) is 131 cm³/mol. The molecule has 32 heavy (non-hydrogen) atoms. The van der Waals surface area contributed by atoms with Gasteiger partial charge in [-0.05, 0) is 38.5 Å². The van der Waals surface area contributed by atoms with Crippen molar-refractivity contribution in [2.45, 2.75) is 39.8 Å². The van der Waals surface area contributed by atoms with Crippen LogP contribution in [0.15, 0.2) is 43.9 Å². The van der Waals surface area contributed by atoms with Crippen molar-refractivity contribution in [1.29, 1.82) is 0 Å². The number of benzene rings is 1. The summed E-state index contributed by atoms with van der Waals surface area (Å²) in [6, 6.07) is 7.59. The summed E-state index contributed by atoms with van der Waals surface area (Å²) in [7, 11) is 0. The topological polar surface area (TPSA) is 105 Å². The molecule has 8 nitrogen and oxygen atoms in total. The molecule has 3 aromatic rings. The van der Waals surface area contributed by atoms with Crippen molar-refractivity contribution < 1.29 is 4.42 Å². The van der Waals surface area contributed by atoms with Crippen molar-refractivity contribution in [3.63, 3.8) is 0 Å². The number of amidine groups is 1. The first-order valence-electron chi connectivity index (χ1n) is 10.1. The highest BCUT2D eigenvalue weighted by molar-refractivity contribution is 7.17. The van der Waals surface area contributed by atoms with Crippen LogP contribution in [-0.4, -0.2) is 41.0 Å². The highest BCUT2D eigenvalue weighted by Gasteiger charge is 2.31. The quantitative estimate of drug-likeness (QED) is 0.343. The van der Waals surface area contributed by atoms with Crippen LogP contribution in [0, 0.1) is 13.8 Å². The maximum atomic E-state index is 6.15. The molecule has 0 unspecified atom stereocenters. The van der Waals surface area contributed by atoms with Gasteiger partial charge in [0.05, 0.1) is 24.7 Å². The minimum absolute atomic E-state index is 0.166. The van der Waals surface area contributed by atoms with Gasteiger partial charge in [-0.25, -0.2) is 0 Å². The van der Waals surface area contributed by atoms with E-state index in [4.69, 9.17) is 26.7 Å². The monoisotopic (exact) mass is 469 g/mol. The van der Waals surface area contributed by atoms with Gasteiger partial charge in [-0.15, -0.1) is 26.6 Å². The van der Waals surface area contributed by atoms with Crippen LogP contribution in [0.5, 0.6) is 0 Å². The smallest absolute Gasteiger partial charge is 0.230 e. The zero-order valence-corrected chi connectivity index (χ0v) is 19.7. The average Bonchev–Trinajstić information content (AvgIpc) is 3.30. The Hall–Kier alpha value is -2.88. The molecule has 0 fully saturated rings. The van der Waals surface area contributed by atoms with Gasteiger partial charge in [0.2, 0.25) is 11.8 Å². The molecule has 4 rings (SSSR count). The number of fused-ring (bicyclic) bond motifs is 1. The molecule has 10 heteroatoms. The van der Waals surface area contributed by atoms with E-state index in [1.165, 1.54) is 10.4 Å². The number of nitrogens with zero attached hydrogens (tertiary/aromatic N) is 6. The number of hydrogen-bond donors (Lipinski definition) is 1. The Labute approximate surface area is 195 Å². The molecule has 0 saturated heterocycles. The number of aromatic nitrogens is 2. The van der Waals surface area contributed by atoms with Gasteiger partial charge in [0, 0.05) is 34.3 Å². The molecule has 1 aliphatic heterocycles. The summed E-state index contributed by atoms with van der Waals surface area (Å²) >= 11 is 7.87. The second-order valence-corrected chi connectivity index (χ2v) is 9.14. The molecule has 1 atom stereocenters. The number of halogens is 1. The Morgan fingerprint density at radius 2 is 2.00 bits per heavy atom. The summed E-state index contributed by atoms with van der Waals surface area (Å²) in [6.45, 7) is 10.5. The van der Waals surface area contributed by atoms with Crippen molar-refractivity contribution in [2.75, 3.05) is 11.4 Å². The summed E-state index contributed by atoms with van der Waals surface area (Å²) in [5.74, 6) is 1.66. The Balaban J connectivity index is 1.87. The zero-order chi connectivity index (χ0) is 22.8. The van der Waals surface area contributed by atoms with E-state index in [1.54, 1.807) is 11.3 Å². The van der Waals surface area contributed by atoms with E-state index in [9.17, 15) is 0 Å². The van der Waals surface area contributed by atoms with E-state index < -0.39 is 0 Å². The minimum atomic E-state index is -0.166. The fourth-order valence-corrected chi connectivity index (χ4v) is 5.03. The van der Waals surface area contributed by atoms with E-state index in [0.29, 0.717) is 29.8 Å². The maximum Gasteiger partial charge on any atom is 0.230 e. The standard InChI is InChI=1S/C22H24ClN7OS/c1-12-13(2)32-22-20(12)21(15-5-7-16(23)8-6-15)26-17(11-30(22)14(3)27-25-4)9-18-28-29-19(10-24)31-18/h5-8,17H,4,9-11,24H2,1-3H3/b27-14-/t17-/m0/s1. The third kappa shape index (κ3) is 4.36. The van der Waals surface area contributed by atoms with E-state index >= 15 is 0 Å². The first-order chi connectivity index (χ1) is 15.4. The molecule has 0 amide bonds. The highest BCUT2D eigenvalue weighted by atomic mass is 35.5. The molecule has 166 valence electrons. The minimum Gasteiger partial charge on any atom is -0.424 e. The molecule has 0 saturated carbocycles. The number of nitrogens with two attached hydrogens (primary N) is 1. The lowest BCUT2D eigenvalue weighted by molar-refractivity contribution is 0.437. The van der Waals surface area contributed by atoms with E-state index in [1.807, 2.05) is 31.2 Å². The van der Waals surface area contributed by atoms with E-state index in [-0.39, 0.29) is 12.6 Å². The zero-order valence-electron chi connectivity index (χ0n) is 18.2. The first-order valence-corrected chi connectivity index (χ1v) is 11.3. The lowest BCUT2D eigenvalue weighted by atomic mass is 9.99. The molecule has 0 spiro atoms. The summed E-state index contributed by atoms with van der Waals surface area (Å²) in [5.41, 5.74) is 9.80. The van der Waals surface area contributed by atoms with Crippen molar-refractivity contribution in [3.8, 4) is 0 Å². The second kappa shape index (κ2) is 9.32. The maximum absolute atomic E-state index is 6.15.